The van der Waals surface area contributed by atoms with Crippen LogP contribution in [0.1, 0.15) is 11.7 Å². The van der Waals surface area contributed by atoms with Crippen LogP contribution in [0.4, 0.5) is 0 Å². The van der Waals surface area contributed by atoms with Crippen LogP contribution in [0.15, 0.2) is 30.3 Å². The molecule has 110 valence electrons. The molecule has 7 heteroatoms. The zero-order valence-corrected chi connectivity index (χ0v) is 13.3. The molecular formula is C14H8Cl4O3. The number of aliphatic hydroxyl groups is 1. The SMILES string of the molecule is O=C(O)C(O)c1ccc(Cl)c(-c2cc(Cl)c(Cl)c(Cl)c2)c1. The first kappa shape index (κ1) is 16.4. The number of carboxylic acid groups (broad SMARTS) is 1. The lowest BCUT2D eigenvalue weighted by atomic mass is 10.0. The van der Waals surface area contributed by atoms with Gasteiger partial charge in [0.15, 0.2) is 6.10 Å². The van der Waals surface area contributed by atoms with Gasteiger partial charge in [-0.15, -0.1) is 0 Å². The molecular weight excluding hydrogens is 358 g/mol. The normalized spacial score (nSPS) is 12.2. The third-order valence-electron chi connectivity index (χ3n) is 2.83. The lowest BCUT2D eigenvalue weighted by Gasteiger charge is -2.11. The molecule has 0 saturated heterocycles. The Bertz CT molecular complexity index is 692. The maximum Gasteiger partial charge on any atom is 0.337 e. The maximum atomic E-state index is 10.8. The van der Waals surface area contributed by atoms with Crippen LogP contribution in [-0.4, -0.2) is 16.2 Å². The summed E-state index contributed by atoms with van der Waals surface area (Å²) in [5.74, 6) is -1.35. The van der Waals surface area contributed by atoms with Gasteiger partial charge in [-0.25, -0.2) is 4.79 Å². The van der Waals surface area contributed by atoms with Crippen molar-refractivity contribution in [3.63, 3.8) is 0 Å². The van der Waals surface area contributed by atoms with Gasteiger partial charge in [-0.3, -0.25) is 0 Å². The Morgan fingerprint density at radius 3 is 2.05 bits per heavy atom. The van der Waals surface area contributed by atoms with E-state index < -0.39 is 12.1 Å². The molecule has 1 unspecified atom stereocenters. The number of carbonyl (C=O) groups is 1. The summed E-state index contributed by atoms with van der Waals surface area (Å²) >= 11 is 23.9. The minimum Gasteiger partial charge on any atom is -0.479 e. The van der Waals surface area contributed by atoms with Crippen molar-refractivity contribution in [2.75, 3.05) is 0 Å². The molecule has 0 saturated carbocycles. The number of hydrogen-bond acceptors (Lipinski definition) is 2. The second-order valence-corrected chi connectivity index (χ2v) is 5.83. The number of benzene rings is 2. The van der Waals surface area contributed by atoms with Gasteiger partial charge in [-0.05, 0) is 35.4 Å². The van der Waals surface area contributed by atoms with Crippen molar-refractivity contribution in [3.05, 3.63) is 56.0 Å². The summed E-state index contributed by atoms with van der Waals surface area (Å²) in [6.07, 6.45) is -1.64. The third kappa shape index (κ3) is 3.44. The number of rotatable bonds is 3. The van der Waals surface area contributed by atoms with Crippen molar-refractivity contribution < 1.29 is 15.0 Å². The summed E-state index contributed by atoms with van der Waals surface area (Å²) in [5.41, 5.74) is 1.26. The van der Waals surface area contributed by atoms with Gasteiger partial charge in [0.05, 0.1) is 15.1 Å². The second kappa shape index (κ2) is 6.42. The molecule has 2 rings (SSSR count). The zero-order chi connectivity index (χ0) is 15.7. The number of aliphatic carboxylic acids is 1. The van der Waals surface area contributed by atoms with E-state index in [1.165, 1.54) is 18.2 Å². The van der Waals surface area contributed by atoms with Gasteiger partial charge in [0.1, 0.15) is 0 Å². The van der Waals surface area contributed by atoms with Crippen molar-refractivity contribution in [2.24, 2.45) is 0 Å². The van der Waals surface area contributed by atoms with E-state index in [9.17, 15) is 9.90 Å². The van der Waals surface area contributed by atoms with Crippen LogP contribution in [-0.2, 0) is 4.79 Å². The van der Waals surface area contributed by atoms with E-state index in [1.54, 1.807) is 12.1 Å². The van der Waals surface area contributed by atoms with Crippen LogP contribution in [0.5, 0.6) is 0 Å². The zero-order valence-electron chi connectivity index (χ0n) is 10.3. The van der Waals surface area contributed by atoms with Crippen LogP contribution in [0, 0.1) is 0 Å². The molecule has 21 heavy (non-hydrogen) atoms. The first-order chi connectivity index (χ1) is 9.81. The van der Waals surface area contributed by atoms with Crippen LogP contribution >= 0.6 is 46.4 Å². The van der Waals surface area contributed by atoms with Crippen molar-refractivity contribution in [3.8, 4) is 11.1 Å². The minimum absolute atomic E-state index is 0.198. The Morgan fingerprint density at radius 2 is 1.52 bits per heavy atom. The molecule has 0 heterocycles. The lowest BCUT2D eigenvalue weighted by Crippen LogP contribution is -2.10. The topological polar surface area (TPSA) is 57.5 Å². The fourth-order valence-corrected chi connectivity index (χ4v) is 2.61. The highest BCUT2D eigenvalue weighted by Gasteiger charge is 2.18. The molecule has 0 amide bonds. The molecule has 2 aromatic rings. The van der Waals surface area contributed by atoms with E-state index in [2.05, 4.69) is 0 Å². The van der Waals surface area contributed by atoms with E-state index in [-0.39, 0.29) is 20.6 Å². The Morgan fingerprint density at radius 1 is 0.952 bits per heavy atom. The molecule has 0 fully saturated rings. The molecule has 0 aliphatic heterocycles. The van der Waals surface area contributed by atoms with E-state index >= 15 is 0 Å². The van der Waals surface area contributed by atoms with Crippen LogP contribution in [0.2, 0.25) is 20.1 Å². The fourth-order valence-electron chi connectivity index (χ4n) is 1.79. The Kier molecular flexibility index (Phi) is 5.02. The summed E-state index contributed by atoms with van der Waals surface area (Å²) in [6.45, 7) is 0. The molecule has 3 nitrogen and oxygen atoms in total. The first-order valence-electron chi connectivity index (χ1n) is 5.66. The maximum absolute atomic E-state index is 10.8. The molecule has 1 atom stereocenters. The standard InChI is InChI=1S/C14H8Cl4O3/c15-9-2-1-6(13(19)14(20)21)3-8(9)7-4-10(16)12(18)11(17)5-7/h1-5,13,19H,(H,20,21). The highest BCUT2D eigenvalue weighted by atomic mass is 35.5. The second-order valence-electron chi connectivity index (χ2n) is 4.23. The number of hydrogen-bond donors (Lipinski definition) is 2. The van der Waals surface area contributed by atoms with E-state index in [1.807, 2.05) is 0 Å². The quantitative estimate of drug-likeness (QED) is 0.745. The van der Waals surface area contributed by atoms with Gasteiger partial charge in [-0.1, -0.05) is 52.5 Å². The largest absolute Gasteiger partial charge is 0.479 e. The summed E-state index contributed by atoms with van der Waals surface area (Å²) in [5, 5.41) is 19.5. The van der Waals surface area contributed by atoms with Gasteiger partial charge >= 0.3 is 5.97 Å². The van der Waals surface area contributed by atoms with Gasteiger partial charge in [-0.2, -0.15) is 0 Å². The predicted molar refractivity (Wildman–Crippen MR) is 84.5 cm³/mol. The molecule has 0 aromatic heterocycles. The summed E-state index contributed by atoms with van der Waals surface area (Å²) in [7, 11) is 0. The highest BCUT2D eigenvalue weighted by molar-refractivity contribution is 6.48. The molecule has 2 N–H and O–H groups in total. The van der Waals surface area contributed by atoms with Gasteiger partial charge in [0.2, 0.25) is 0 Å². The fraction of sp³-hybridized carbons (Fsp3) is 0.0714. The monoisotopic (exact) mass is 364 g/mol. The van der Waals surface area contributed by atoms with Crippen molar-refractivity contribution in [1.29, 1.82) is 0 Å². The molecule has 0 aliphatic carbocycles. The summed E-state index contributed by atoms with van der Waals surface area (Å²) < 4.78 is 0. The first-order valence-corrected chi connectivity index (χ1v) is 7.17. The van der Waals surface area contributed by atoms with Crippen LogP contribution in [0.3, 0.4) is 0 Å². The molecule has 0 radical (unpaired) electrons. The van der Waals surface area contributed by atoms with Crippen LogP contribution < -0.4 is 0 Å². The minimum atomic E-state index is -1.64. The van der Waals surface area contributed by atoms with Gasteiger partial charge in [0.25, 0.3) is 0 Å². The molecule has 0 bridgehead atoms. The molecule has 0 spiro atoms. The van der Waals surface area contributed by atoms with Gasteiger partial charge in [0, 0.05) is 10.6 Å². The summed E-state index contributed by atoms with van der Waals surface area (Å²) in [4.78, 5) is 10.8. The molecule has 2 aromatic carbocycles. The third-order valence-corrected chi connectivity index (χ3v) is 4.36. The Hall–Kier alpha value is -0.970. The van der Waals surface area contributed by atoms with Crippen molar-refractivity contribution >= 4 is 52.4 Å². The van der Waals surface area contributed by atoms with E-state index in [0.717, 1.165) is 0 Å². The Balaban J connectivity index is 2.58. The number of carboxylic acids is 1. The van der Waals surface area contributed by atoms with Crippen molar-refractivity contribution in [1.82, 2.24) is 0 Å². The summed E-state index contributed by atoms with van der Waals surface area (Å²) in [6, 6.07) is 7.53. The number of halogens is 4. The smallest absolute Gasteiger partial charge is 0.337 e. The van der Waals surface area contributed by atoms with Crippen LogP contribution in [0.25, 0.3) is 11.1 Å². The van der Waals surface area contributed by atoms with E-state index in [0.29, 0.717) is 16.1 Å². The average Bonchev–Trinajstić information content (AvgIpc) is 2.44. The predicted octanol–water partition coefficient (Wildman–Crippen LogP) is 5.09. The molecule has 0 aliphatic rings. The Labute approximate surface area is 140 Å². The van der Waals surface area contributed by atoms with E-state index in [4.69, 9.17) is 51.5 Å². The average molecular weight is 366 g/mol. The lowest BCUT2D eigenvalue weighted by molar-refractivity contribution is -0.146. The van der Waals surface area contributed by atoms with Crippen molar-refractivity contribution in [2.45, 2.75) is 6.10 Å². The highest BCUT2D eigenvalue weighted by Crippen LogP contribution is 2.38. The number of aliphatic hydroxyl groups excluding tert-OH is 1. The van der Waals surface area contributed by atoms with Gasteiger partial charge < -0.3 is 10.2 Å².